The molecule has 0 saturated carbocycles. The fourth-order valence-corrected chi connectivity index (χ4v) is 2.06. The molecule has 2 aromatic rings. The van der Waals surface area contributed by atoms with Crippen molar-refractivity contribution in [3.63, 3.8) is 0 Å². The van der Waals surface area contributed by atoms with Crippen LogP contribution in [0.5, 0.6) is 0 Å². The number of rotatable bonds is 2. The topological polar surface area (TPSA) is 82.5 Å². The summed E-state index contributed by atoms with van der Waals surface area (Å²) in [6.45, 7) is 0. The lowest BCUT2D eigenvalue weighted by Gasteiger charge is -2.12. The molecular formula is C12H14N6. The van der Waals surface area contributed by atoms with Gasteiger partial charge in [-0.05, 0) is 31.3 Å². The molecule has 0 unspecified atom stereocenters. The van der Waals surface area contributed by atoms with Gasteiger partial charge < -0.3 is 5.73 Å². The standard InChI is InChI=1S/C12H14N6/c13-11-15-10(9-4-2-1-3-5-9)16-12(17-11)18-7-6-14-8-18/h4,6-8H,1-3,5H2,(H2,13,15,16,17). The first-order valence-corrected chi connectivity index (χ1v) is 6.02. The monoisotopic (exact) mass is 242 g/mol. The largest absolute Gasteiger partial charge is 0.368 e. The minimum atomic E-state index is 0.246. The van der Waals surface area contributed by atoms with Crippen LogP contribution in [0.1, 0.15) is 31.5 Å². The molecule has 0 atom stereocenters. The molecule has 18 heavy (non-hydrogen) atoms. The fraction of sp³-hybridized carbons (Fsp3) is 0.333. The van der Waals surface area contributed by atoms with Gasteiger partial charge in [-0.15, -0.1) is 0 Å². The average Bonchev–Trinajstić information content (AvgIpc) is 2.93. The molecule has 0 aromatic carbocycles. The van der Waals surface area contributed by atoms with E-state index in [-0.39, 0.29) is 5.95 Å². The Balaban J connectivity index is 2.03. The van der Waals surface area contributed by atoms with Gasteiger partial charge >= 0.3 is 0 Å². The van der Waals surface area contributed by atoms with E-state index in [0.29, 0.717) is 11.8 Å². The van der Waals surface area contributed by atoms with Crippen LogP contribution in [0.3, 0.4) is 0 Å². The minimum absolute atomic E-state index is 0.246. The van der Waals surface area contributed by atoms with Gasteiger partial charge in [0.25, 0.3) is 0 Å². The predicted molar refractivity (Wildman–Crippen MR) is 67.8 cm³/mol. The van der Waals surface area contributed by atoms with Crippen molar-refractivity contribution in [2.24, 2.45) is 0 Å². The first-order chi connectivity index (χ1) is 8.83. The van der Waals surface area contributed by atoms with Gasteiger partial charge in [-0.3, -0.25) is 4.57 Å². The fourth-order valence-electron chi connectivity index (χ4n) is 2.06. The summed E-state index contributed by atoms with van der Waals surface area (Å²) < 4.78 is 1.73. The van der Waals surface area contributed by atoms with Crippen LogP contribution < -0.4 is 5.73 Å². The van der Waals surface area contributed by atoms with Crippen molar-refractivity contribution in [3.05, 3.63) is 30.6 Å². The highest BCUT2D eigenvalue weighted by molar-refractivity contribution is 5.61. The Kier molecular flexibility index (Phi) is 2.76. The summed E-state index contributed by atoms with van der Waals surface area (Å²) in [5.41, 5.74) is 6.91. The molecule has 0 spiro atoms. The van der Waals surface area contributed by atoms with Gasteiger partial charge in [0.15, 0.2) is 5.82 Å². The summed E-state index contributed by atoms with van der Waals surface area (Å²) in [6.07, 6.45) is 11.8. The highest BCUT2D eigenvalue weighted by atomic mass is 15.2. The van der Waals surface area contributed by atoms with Crippen molar-refractivity contribution in [3.8, 4) is 5.95 Å². The maximum Gasteiger partial charge on any atom is 0.240 e. The van der Waals surface area contributed by atoms with Crippen LogP contribution in [0.15, 0.2) is 24.8 Å². The van der Waals surface area contributed by atoms with E-state index in [1.165, 1.54) is 12.8 Å². The highest BCUT2D eigenvalue weighted by Gasteiger charge is 2.12. The molecule has 2 heterocycles. The second-order valence-electron chi connectivity index (χ2n) is 4.26. The number of aromatic nitrogens is 5. The molecule has 0 aliphatic heterocycles. The Morgan fingerprint density at radius 1 is 1.17 bits per heavy atom. The van der Waals surface area contributed by atoms with Crippen molar-refractivity contribution in [1.29, 1.82) is 0 Å². The highest BCUT2D eigenvalue weighted by Crippen LogP contribution is 2.24. The Morgan fingerprint density at radius 3 is 2.83 bits per heavy atom. The second kappa shape index (κ2) is 4.56. The average molecular weight is 242 g/mol. The van der Waals surface area contributed by atoms with E-state index in [2.05, 4.69) is 26.0 Å². The molecule has 92 valence electrons. The Labute approximate surface area is 105 Å². The SMILES string of the molecule is Nc1nc(C2=CCCCC2)nc(-n2ccnc2)n1. The molecule has 2 N–H and O–H groups in total. The number of allylic oxidation sites excluding steroid dienone is 2. The van der Waals surface area contributed by atoms with Gasteiger partial charge in [0.1, 0.15) is 6.33 Å². The van der Waals surface area contributed by atoms with Crippen LogP contribution in [-0.2, 0) is 0 Å². The third-order valence-corrected chi connectivity index (χ3v) is 2.95. The second-order valence-corrected chi connectivity index (χ2v) is 4.26. The Bertz CT molecular complexity index is 572. The molecule has 0 saturated heterocycles. The van der Waals surface area contributed by atoms with Gasteiger partial charge in [-0.1, -0.05) is 6.08 Å². The van der Waals surface area contributed by atoms with E-state index < -0.39 is 0 Å². The maximum absolute atomic E-state index is 5.75. The van der Waals surface area contributed by atoms with Gasteiger partial charge in [-0.25, -0.2) is 4.98 Å². The van der Waals surface area contributed by atoms with Crippen molar-refractivity contribution in [1.82, 2.24) is 24.5 Å². The molecule has 3 rings (SSSR count). The first kappa shape index (κ1) is 10.9. The number of imidazole rings is 1. The van der Waals surface area contributed by atoms with E-state index in [4.69, 9.17) is 5.73 Å². The van der Waals surface area contributed by atoms with Gasteiger partial charge in [-0.2, -0.15) is 15.0 Å². The predicted octanol–water partition coefficient (Wildman–Crippen LogP) is 1.60. The van der Waals surface area contributed by atoms with Gasteiger partial charge in [0.2, 0.25) is 11.9 Å². The number of hydrogen-bond acceptors (Lipinski definition) is 5. The molecule has 1 aliphatic rings. The first-order valence-electron chi connectivity index (χ1n) is 6.02. The third kappa shape index (κ3) is 2.09. The van der Waals surface area contributed by atoms with Crippen LogP contribution in [-0.4, -0.2) is 24.5 Å². The Hall–Kier alpha value is -2.24. The van der Waals surface area contributed by atoms with Crippen LogP contribution in [0, 0.1) is 0 Å². The van der Waals surface area contributed by atoms with Crippen LogP contribution in [0.25, 0.3) is 11.5 Å². The molecule has 0 bridgehead atoms. The van der Waals surface area contributed by atoms with Crippen LogP contribution in [0.4, 0.5) is 5.95 Å². The van der Waals surface area contributed by atoms with Crippen LogP contribution in [0.2, 0.25) is 0 Å². The summed E-state index contributed by atoms with van der Waals surface area (Å²) in [6, 6.07) is 0. The quantitative estimate of drug-likeness (QED) is 0.864. The molecular weight excluding hydrogens is 228 g/mol. The lowest BCUT2D eigenvalue weighted by Crippen LogP contribution is -2.09. The number of hydrogen-bond donors (Lipinski definition) is 1. The lowest BCUT2D eigenvalue weighted by atomic mass is 9.99. The van der Waals surface area contributed by atoms with Gasteiger partial charge in [0, 0.05) is 12.4 Å². The van der Waals surface area contributed by atoms with E-state index in [9.17, 15) is 0 Å². The lowest BCUT2D eigenvalue weighted by molar-refractivity contribution is 0.734. The Morgan fingerprint density at radius 2 is 2.11 bits per heavy atom. The summed E-state index contributed by atoms with van der Waals surface area (Å²) in [5.74, 6) is 1.45. The number of nitrogen functional groups attached to an aromatic ring is 1. The summed E-state index contributed by atoms with van der Waals surface area (Å²) >= 11 is 0. The molecule has 1 aliphatic carbocycles. The molecule has 0 fully saturated rings. The number of anilines is 1. The summed E-state index contributed by atoms with van der Waals surface area (Å²) in [7, 11) is 0. The zero-order valence-electron chi connectivity index (χ0n) is 9.95. The van der Waals surface area contributed by atoms with Crippen molar-refractivity contribution < 1.29 is 0 Å². The number of nitrogens with two attached hydrogens (primary N) is 1. The summed E-state index contributed by atoms with van der Waals surface area (Å²) in [5, 5.41) is 0. The minimum Gasteiger partial charge on any atom is -0.368 e. The van der Waals surface area contributed by atoms with Crippen molar-refractivity contribution in [2.75, 3.05) is 5.73 Å². The molecule has 6 nitrogen and oxygen atoms in total. The van der Waals surface area contributed by atoms with Crippen molar-refractivity contribution >= 4 is 11.5 Å². The smallest absolute Gasteiger partial charge is 0.240 e. The van der Waals surface area contributed by atoms with Crippen LogP contribution >= 0.6 is 0 Å². The molecule has 0 amide bonds. The molecule has 6 heteroatoms. The van der Waals surface area contributed by atoms with E-state index >= 15 is 0 Å². The molecule has 0 radical (unpaired) electrons. The molecule has 2 aromatic heterocycles. The normalized spacial score (nSPS) is 15.4. The van der Waals surface area contributed by atoms with E-state index in [0.717, 1.165) is 18.4 Å². The third-order valence-electron chi connectivity index (χ3n) is 2.95. The van der Waals surface area contributed by atoms with Crippen molar-refractivity contribution in [2.45, 2.75) is 25.7 Å². The summed E-state index contributed by atoms with van der Waals surface area (Å²) in [4.78, 5) is 16.8. The zero-order chi connectivity index (χ0) is 12.4. The van der Waals surface area contributed by atoms with Gasteiger partial charge in [0.05, 0.1) is 0 Å². The zero-order valence-corrected chi connectivity index (χ0v) is 9.95. The maximum atomic E-state index is 5.75. The number of nitrogens with zero attached hydrogens (tertiary/aromatic N) is 5. The van der Waals surface area contributed by atoms with E-state index in [1.54, 1.807) is 23.3 Å². The van der Waals surface area contributed by atoms with E-state index in [1.807, 2.05) is 0 Å².